The number of hydrogen-bond donors (Lipinski definition) is 2. The highest BCUT2D eigenvalue weighted by molar-refractivity contribution is 5.78. The van der Waals surface area contributed by atoms with E-state index in [2.05, 4.69) is 28.0 Å². The predicted octanol–water partition coefficient (Wildman–Crippen LogP) is 3.68. The number of nitrogen functional groups attached to an aromatic ring is 1. The zero-order chi connectivity index (χ0) is 13.5. The molecule has 1 aromatic heterocycles. The zero-order valence-electron chi connectivity index (χ0n) is 11.7. The molecule has 0 fully saturated rings. The first kappa shape index (κ1) is 13.9. The van der Waals surface area contributed by atoms with Crippen LogP contribution in [0.3, 0.4) is 0 Å². The number of aromatic nitrogens is 2. The van der Waals surface area contributed by atoms with Crippen molar-refractivity contribution in [2.45, 2.75) is 52.0 Å². The van der Waals surface area contributed by atoms with E-state index in [0.717, 1.165) is 23.5 Å². The molecular formula is C15H24N4. The second-order valence-electron chi connectivity index (χ2n) is 4.99. The van der Waals surface area contributed by atoms with Crippen molar-refractivity contribution < 1.29 is 0 Å². The van der Waals surface area contributed by atoms with Crippen molar-refractivity contribution >= 4 is 17.0 Å². The van der Waals surface area contributed by atoms with Gasteiger partial charge in [-0.15, -0.1) is 0 Å². The van der Waals surface area contributed by atoms with E-state index in [0.29, 0.717) is 0 Å². The van der Waals surface area contributed by atoms with Crippen molar-refractivity contribution in [2.24, 2.45) is 5.84 Å². The number of imidazole rings is 1. The quantitative estimate of drug-likeness (QED) is 0.432. The lowest BCUT2D eigenvalue weighted by Crippen LogP contribution is -2.13. The molecule has 0 aliphatic rings. The van der Waals surface area contributed by atoms with Crippen molar-refractivity contribution in [3.8, 4) is 0 Å². The average molecular weight is 260 g/mol. The normalized spacial score (nSPS) is 11.1. The molecule has 0 radical (unpaired) electrons. The third kappa shape index (κ3) is 3.47. The Balaban J connectivity index is 1.95. The SMILES string of the molecule is CCCCCCCCn1c(NN)nc2ccccc21. The molecule has 0 unspecified atom stereocenters. The van der Waals surface area contributed by atoms with E-state index in [-0.39, 0.29) is 0 Å². The molecule has 3 N–H and O–H groups in total. The molecule has 0 aliphatic heterocycles. The van der Waals surface area contributed by atoms with Gasteiger partial charge in [-0.25, -0.2) is 10.8 Å². The summed E-state index contributed by atoms with van der Waals surface area (Å²) >= 11 is 0. The molecule has 2 rings (SSSR count). The van der Waals surface area contributed by atoms with Gasteiger partial charge in [0.25, 0.3) is 0 Å². The standard InChI is InChI=1S/C15H24N4/c1-2-3-4-5-6-9-12-19-14-11-8-7-10-13(14)17-15(19)18-16/h7-8,10-11H,2-6,9,12,16H2,1H3,(H,17,18). The molecule has 4 nitrogen and oxygen atoms in total. The summed E-state index contributed by atoms with van der Waals surface area (Å²) in [5, 5.41) is 0. The maximum Gasteiger partial charge on any atom is 0.218 e. The fourth-order valence-corrected chi connectivity index (χ4v) is 2.46. The minimum absolute atomic E-state index is 0.759. The van der Waals surface area contributed by atoms with Gasteiger partial charge < -0.3 is 4.57 Å². The molecule has 0 amide bonds. The smallest absolute Gasteiger partial charge is 0.218 e. The topological polar surface area (TPSA) is 55.9 Å². The van der Waals surface area contributed by atoms with Gasteiger partial charge in [0.15, 0.2) is 0 Å². The number of nitrogens with two attached hydrogens (primary N) is 1. The Morgan fingerprint density at radius 3 is 2.63 bits per heavy atom. The molecule has 1 aromatic carbocycles. The van der Waals surface area contributed by atoms with Crippen LogP contribution in [-0.2, 0) is 6.54 Å². The first-order valence-corrected chi connectivity index (χ1v) is 7.28. The maximum atomic E-state index is 5.55. The minimum Gasteiger partial charge on any atom is -0.309 e. The number of fused-ring (bicyclic) bond motifs is 1. The second-order valence-corrected chi connectivity index (χ2v) is 4.99. The van der Waals surface area contributed by atoms with Crippen LogP contribution in [0.4, 0.5) is 5.95 Å². The van der Waals surface area contributed by atoms with E-state index >= 15 is 0 Å². The average Bonchev–Trinajstić information content (AvgIpc) is 2.81. The molecular weight excluding hydrogens is 236 g/mol. The van der Waals surface area contributed by atoms with Crippen LogP contribution in [0.2, 0.25) is 0 Å². The lowest BCUT2D eigenvalue weighted by atomic mass is 10.1. The van der Waals surface area contributed by atoms with Crippen molar-refractivity contribution in [1.82, 2.24) is 9.55 Å². The van der Waals surface area contributed by atoms with Crippen LogP contribution in [0.1, 0.15) is 45.4 Å². The number of unbranched alkanes of at least 4 members (excludes halogenated alkanes) is 5. The van der Waals surface area contributed by atoms with Crippen LogP contribution in [0.15, 0.2) is 24.3 Å². The fraction of sp³-hybridized carbons (Fsp3) is 0.533. The van der Waals surface area contributed by atoms with Crippen molar-refractivity contribution in [3.63, 3.8) is 0 Å². The number of para-hydroxylation sites is 2. The first-order chi connectivity index (χ1) is 9.36. The monoisotopic (exact) mass is 260 g/mol. The first-order valence-electron chi connectivity index (χ1n) is 7.28. The van der Waals surface area contributed by atoms with Gasteiger partial charge in [0.1, 0.15) is 0 Å². The molecule has 0 aliphatic carbocycles. The lowest BCUT2D eigenvalue weighted by molar-refractivity contribution is 0.566. The number of hydrogen-bond acceptors (Lipinski definition) is 3. The summed E-state index contributed by atoms with van der Waals surface area (Å²) in [7, 11) is 0. The molecule has 0 spiro atoms. The van der Waals surface area contributed by atoms with E-state index in [1.807, 2.05) is 18.2 Å². The summed E-state index contributed by atoms with van der Waals surface area (Å²) in [6.45, 7) is 3.23. The molecule has 0 saturated heterocycles. The number of nitrogens with one attached hydrogen (secondary N) is 1. The van der Waals surface area contributed by atoms with E-state index in [1.54, 1.807) is 0 Å². The summed E-state index contributed by atoms with van der Waals surface area (Å²) < 4.78 is 2.18. The molecule has 4 heteroatoms. The Morgan fingerprint density at radius 2 is 1.84 bits per heavy atom. The van der Waals surface area contributed by atoms with Gasteiger partial charge in [-0.2, -0.15) is 0 Å². The molecule has 1 heterocycles. The largest absolute Gasteiger partial charge is 0.309 e. The van der Waals surface area contributed by atoms with Crippen LogP contribution in [0.25, 0.3) is 11.0 Å². The van der Waals surface area contributed by atoms with E-state index < -0.39 is 0 Å². The zero-order valence-corrected chi connectivity index (χ0v) is 11.7. The number of benzene rings is 1. The summed E-state index contributed by atoms with van der Waals surface area (Å²) in [5.74, 6) is 6.31. The summed E-state index contributed by atoms with van der Waals surface area (Å²) in [6.07, 6.45) is 7.78. The third-order valence-electron chi connectivity index (χ3n) is 3.52. The molecule has 0 saturated carbocycles. The number of hydrazine groups is 1. The van der Waals surface area contributed by atoms with Crippen LogP contribution in [0, 0.1) is 0 Å². The molecule has 104 valence electrons. The highest BCUT2D eigenvalue weighted by Gasteiger charge is 2.08. The Kier molecular flexibility index (Phi) is 5.21. The lowest BCUT2D eigenvalue weighted by Gasteiger charge is -2.08. The maximum absolute atomic E-state index is 5.55. The Labute approximate surface area is 115 Å². The van der Waals surface area contributed by atoms with Gasteiger partial charge in [0.2, 0.25) is 5.95 Å². The van der Waals surface area contributed by atoms with Crippen LogP contribution in [-0.4, -0.2) is 9.55 Å². The van der Waals surface area contributed by atoms with E-state index in [4.69, 9.17) is 5.84 Å². The van der Waals surface area contributed by atoms with Gasteiger partial charge in [-0.05, 0) is 18.6 Å². The highest BCUT2D eigenvalue weighted by Crippen LogP contribution is 2.20. The Morgan fingerprint density at radius 1 is 1.11 bits per heavy atom. The Hall–Kier alpha value is -1.55. The molecule has 0 atom stereocenters. The van der Waals surface area contributed by atoms with Crippen LogP contribution >= 0.6 is 0 Å². The Bertz CT molecular complexity index is 504. The second kappa shape index (κ2) is 7.14. The third-order valence-corrected chi connectivity index (χ3v) is 3.52. The highest BCUT2D eigenvalue weighted by atomic mass is 15.3. The van der Waals surface area contributed by atoms with Crippen molar-refractivity contribution in [2.75, 3.05) is 5.43 Å². The van der Waals surface area contributed by atoms with Crippen LogP contribution in [0.5, 0.6) is 0 Å². The van der Waals surface area contributed by atoms with E-state index in [1.165, 1.54) is 38.5 Å². The molecule has 2 aromatic rings. The van der Waals surface area contributed by atoms with Gasteiger partial charge >= 0.3 is 0 Å². The van der Waals surface area contributed by atoms with Crippen LogP contribution < -0.4 is 11.3 Å². The van der Waals surface area contributed by atoms with E-state index in [9.17, 15) is 0 Å². The van der Waals surface area contributed by atoms with Gasteiger partial charge in [0, 0.05) is 6.54 Å². The number of nitrogens with zero attached hydrogens (tertiary/aromatic N) is 2. The molecule has 19 heavy (non-hydrogen) atoms. The number of rotatable bonds is 8. The van der Waals surface area contributed by atoms with Crippen molar-refractivity contribution in [3.05, 3.63) is 24.3 Å². The van der Waals surface area contributed by atoms with Crippen molar-refractivity contribution in [1.29, 1.82) is 0 Å². The predicted molar refractivity (Wildman–Crippen MR) is 80.9 cm³/mol. The fourth-order valence-electron chi connectivity index (χ4n) is 2.46. The van der Waals surface area contributed by atoms with Gasteiger partial charge in [-0.1, -0.05) is 51.2 Å². The van der Waals surface area contributed by atoms with Gasteiger partial charge in [0.05, 0.1) is 11.0 Å². The number of anilines is 1. The summed E-state index contributed by atoms with van der Waals surface area (Å²) in [6, 6.07) is 8.17. The minimum atomic E-state index is 0.759. The number of aryl methyl sites for hydroxylation is 1. The van der Waals surface area contributed by atoms with Gasteiger partial charge in [-0.3, -0.25) is 5.43 Å². The molecule has 0 bridgehead atoms. The summed E-state index contributed by atoms with van der Waals surface area (Å²) in [5.41, 5.74) is 4.86. The summed E-state index contributed by atoms with van der Waals surface area (Å²) in [4.78, 5) is 4.49.